The molecule has 0 radical (unpaired) electrons. The van der Waals surface area contributed by atoms with Gasteiger partial charge in [-0.15, -0.1) is 0 Å². The number of hydrogen-bond donors (Lipinski definition) is 2. The summed E-state index contributed by atoms with van der Waals surface area (Å²) >= 11 is 3.59. The van der Waals surface area contributed by atoms with Gasteiger partial charge in [0.25, 0.3) is 11.8 Å². The van der Waals surface area contributed by atoms with Crippen LogP contribution >= 0.6 is 15.9 Å². The maximum atomic E-state index is 15.3. The highest BCUT2D eigenvalue weighted by Gasteiger charge is 2.70. The number of imide groups is 2. The lowest BCUT2D eigenvalue weighted by molar-refractivity contribution is -0.138. The van der Waals surface area contributed by atoms with Gasteiger partial charge in [0.1, 0.15) is 0 Å². The Bertz CT molecular complexity index is 2180. The van der Waals surface area contributed by atoms with Crippen molar-refractivity contribution >= 4 is 57.0 Å². The lowest BCUT2D eigenvalue weighted by Gasteiger charge is -2.50. The van der Waals surface area contributed by atoms with Crippen LogP contribution in [0.4, 0.5) is 11.4 Å². The smallest absolute Gasteiger partial charge is 0.260 e. The maximum absolute atomic E-state index is 15.3. The number of hydrogen-bond acceptors (Lipinski definition) is 7. The van der Waals surface area contributed by atoms with Gasteiger partial charge in [-0.25, -0.2) is 0 Å². The van der Waals surface area contributed by atoms with E-state index in [0.29, 0.717) is 27.0 Å². The van der Waals surface area contributed by atoms with Crippen molar-refractivity contribution in [2.75, 3.05) is 17.4 Å². The zero-order chi connectivity index (χ0) is 36.5. The van der Waals surface area contributed by atoms with Gasteiger partial charge in [0.15, 0.2) is 11.5 Å². The minimum absolute atomic E-state index is 0.142. The summed E-state index contributed by atoms with van der Waals surface area (Å²) in [6, 6.07) is 27.1. The van der Waals surface area contributed by atoms with E-state index < -0.39 is 46.8 Å². The molecule has 10 heteroatoms. The molecule has 9 nitrogen and oxygen atoms in total. The zero-order valence-electron chi connectivity index (χ0n) is 28.6. The van der Waals surface area contributed by atoms with E-state index in [1.807, 2.05) is 55.5 Å². The number of phenolic OH excluding ortho intramolecular Hbond substituents is 1. The number of nitrogens with zero attached hydrogens (tertiary/aromatic N) is 2. The van der Waals surface area contributed by atoms with Crippen molar-refractivity contribution in [3.05, 3.63) is 136 Å². The highest BCUT2D eigenvalue weighted by molar-refractivity contribution is 9.10. The summed E-state index contributed by atoms with van der Waals surface area (Å²) in [6.07, 6.45) is 4.06. The van der Waals surface area contributed by atoms with Crippen molar-refractivity contribution < 1.29 is 29.0 Å². The number of phenols is 1. The normalized spacial score (nSPS) is 26.4. The van der Waals surface area contributed by atoms with Gasteiger partial charge in [0.05, 0.1) is 41.7 Å². The monoisotopic (exact) mass is 757 g/mol. The van der Waals surface area contributed by atoms with Crippen molar-refractivity contribution in [1.82, 2.24) is 5.01 Å². The second-order valence-corrected chi connectivity index (χ2v) is 14.9. The van der Waals surface area contributed by atoms with Gasteiger partial charge in [-0.05, 0) is 73.2 Å². The number of halogens is 1. The topological polar surface area (TPSA) is 116 Å². The third-order valence-electron chi connectivity index (χ3n) is 11.4. The number of hydrazine groups is 1. The number of methoxy groups -OCH3 is 1. The minimum atomic E-state index is -1.53. The van der Waals surface area contributed by atoms with Crippen molar-refractivity contribution in [3.63, 3.8) is 0 Å². The quantitative estimate of drug-likeness (QED) is 0.150. The second kappa shape index (κ2) is 12.6. The Morgan fingerprint density at radius 2 is 1.63 bits per heavy atom. The number of amides is 4. The molecule has 0 bridgehead atoms. The van der Waals surface area contributed by atoms with Crippen LogP contribution in [0.3, 0.4) is 0 Å². The highest BCUT2D eigenvalue weighted by atomic mass is 79.9. The summed E-state index contributed by atoms with van der Waals surface area (Å²) in [5.74, 6) is -5.42. The summed E-state index contributed by atoms with van der Waals surface area (Å²) in [7, 11) is 1.45. The number of carbonyl (C=O) groups excluding carboxylic acids is 4. The second-order valence-electron chi connectivity index (χ2n) is 13.9. The first-order valence-electron chi connectivity index (χ1n) is 17.2. The number of aryl methyl sites for hydroxylation is 1. The Kier molecular flexibility index (Phi) is 8.17. The average molecular weight is 759 g/mol. The molecule has 2 heterocycles. The van der Waals surface area contributed by atoms with E-state index in [-0.39, 0.29) is 36.2 Å². The molecule has 262 valence electrons. The molecule has 2 aliphatic heterocycles. The van der Waals surface area contributed by atoms with Crippen molar-refractivity contribution in [1.29, 1.82) is 0 Å². The van der Waals surface area contributed by atoms with Gasteiger partial charge in [-0.3, -0.25) is 29.5 Å². The predicted molar refractivity (Wildman–Crippen MR) is 200 cm³/mol. The molecule has 52 heavy (non-hydrogen) atoms. The number of benzene rings is 4. The fourth-order valence-corrected chi connectivity index (χ4v) is 9.53. The number of carbonyl (C=O) groups is 4. The molecule has 2 N–H and O–H groups in total. The van der Waals surface area contributed by atoms with Gasteiger partial charge in [-0.1, -0.05) is 100 Å². The largest absolute Gasteiger partial charge is 0.504 e. The number of fused-ring (bicyclic) bond motifs is 4. The molecule has 6 atom stereocenters. The van der Waals surface area contributed by atoms with E-state index in [9.17, 15) is 19.5 Å². The van der Waals surface area contributed by atoms with Crippen LogP contribution in [-0.4, -0.2) is 40.9 Å². The van der Waals surface area contributed by atoms with Gasteiger partial charge in [-0.2, -0.15) is 5.01 Å². The number of rotatable bonds is 7. The fourth-order valence-electron chi connectivity index (χ4n) is 9.08. The molecular formula is C42H36BrN3O6. The molecule has 8 rings (SSSR count). The predicted octanol–water partition coefficient (Wildman–Crippen LogP) is 7.30. The summed E-state index contributed by atoms with van der Waals surface area (Å²) in [6.45, 7) is 5.75. The van der Waals surface area contributed by atoms with Crippen molar-refractivity contribution in [2.24, 2.45) is 23.7 Å². The van der Waals surface area contributed by atoms with E-state index in [0.717, 1.165) is 21.7 Å². The minimum Gasteiger partial charge on any atom is -0.504 e. The van der Waals surface area contributed by atoms with E-state index in [2.05, 4.69) is 27.9 Å². The van der Waals surface area contributed by atoms with Crippen LogP contribution in [0.25, 0.3) is 6.08 Å². The Morgan fingerprint density at radius 1 is 0.923 bits per heavy atom. The van der Waals surface area contributed by atoms with E-state index >= 15 is 4.79 Å². The van der Waals surface area contributed by atoms with Crippen LogP contribution in [0.2, 0.25) is 0 Å². The van der Waals surface area contributed by atoms with Gasteiger partial charge in [0.2, 0.25) is 11.8 Å². The number of allylic oxidation sites excluding steroid dienone is 2. The molecule has 4 aliphatic rings. The Labute approximate surface area is 309 Å². The zero-order valence-corrected chi connectivity index (χ0v) is 30.2. The van der Waals surface area contributed by atoms with Crippen LogP contribution in [-0.2, 0) is 24.6 Å². The molecule has 4 aromatic rings. The van der Waals surface area contributed by atoms with Gasteiger partial charge < -0.3 is 9.84 Å². The maximum Gasteiger partial charge on any atom is 0.260 e. The van der Waals surface area contributed by atoms with Crippen LogP contribution < -0.4 is 15.1 Å². The molecular weight excluding hydrogens is 722 g/mol. The van der Waals surface area contributed by atoms with Gasteiger partial charge >= 0.3 is 0 Å². The Morgan fingerprint density at radius 3 is 2.31 bits per heavy atom. The summed E-state index contributed by atoms with van der Waals surface area (Å²) in [5, 5.41) is 13.0. The third-order valence-corrected chi connectivity index (χ3v) is 11.8. The standard InChI is InChI=1S/C42H36BrN3O6/c1-4-24-12-16-28(17-13-24)45-38(48)30-19-18-29-31(35(30)40(45)50)22-33-39(49)46(44-27-14-10-23(2)11-15-27)41(51)42(33,25-8-6-5-7-9-25)36(29)32-20-26(43)21-34(52-3)37(32)47/h4-18,20-21,30-31,33,35-36,44,47H,1,19,22H2,2-3H3/t30-,31+,33-,35-,36+,42+/m0/s1. The van der Waals surface area contributed by atoms with Crippen LogP contribution in [0.15, 0.2) is 114 Å². The lowest BCUT2D eigenvalue weighted by Crippen LogP contribution is -2.53. The molecule has 3 fully saturated rings. The summed E-state index contributed by atoms with van der Waals surface area (Å²) in [5.41, 5.74) is 6.20. The molecule has 1 saturated carbocycles. The SMILES string of the molecule is C=Cc1ccc(N2C(=O)[C@H]3[C@H](CC=C4[C@H]3C[C@H]3C(=O)N(Nc5ccc(C)cc5)C(=O)[C@@]3(c3ccccc3)[C@H]4c3cc(Br)cc(OC)c3O)C2=O)cc1. The molecule has 0 aromatic heterocycles. The van der Waals surface area contributed by atoms with Crippen molar-refractivity contribution in [3.8, 4) is 11.5 Å². The first-order chi connectivity index (χ1) is 25.1. The summed E-state index contributed by atoms with van der Waals surface area (Å²) in [4.78, 5) is 60.1. The third kappa shape index (κ3) is 4.87. The number of nitrogens with one attached hydrogen (secondary N) is 1. The number of aromatic hydroxyl groups is 1. The highest BCUT2D eigenvalue weighted by Crippen LogP contribution is 2.65. The Hall–Kier alpha value is -5.48. The number of anilines is 2. The van der Waals surface area contributed by atoms with Crippen molar-refractivity contribution in [2.45, 2.75) is 31.1 Å². The van der Waals surface area contributed by atoms with Crippen LogP contribution in [0, 0.1) is 30.6 Å². The molecule has 2 saturated heterocycles. The van der Waals surface area contributed by atoms with Crippen LogP contribution in [0.1, 0.15) is 41.0 Å². The summed E-state index contributed by atoms with van der Waals surface area (Å²) < 4.78 is 6.19. The first-order valence-corrected chi connectivity index (χ1v) is 18.0. The lowest BCUT2D eigenvalue weighted by atomic mass is 9.49. The first kappa shape index (κ1) is 33.7. The van der Waals surface area contributed by atoms with Gasteiger partial charge in [0, 0.05) is 16.0 Å². The number of ether oxygens (including phenoxy) is 1. The molecule has 4 amide bonds. The van der Waals surface area contributed by atoms with E-state index in [1.54, 1.807) is 54.6 Å². The molecule has 4 aromatic carbocycles. The van der Waals surface area contributed by atoms with Crippen LogP contribution in [0.5, 0.6) is 11.5 Å². The van der Waals surface area contributed by atoms with E-state index in [4.69, 9.17) is 4.74 Å². The fraction of sp³-hybridized carbons (Fsp3) is 0.238. The molecule has 0 spiro atoms. The average Bonchev–Trinajstić information content (AvgIpc) is 3.54. The molecule has 2 aliphatic carbocycles. The van der Waals surface area contributed by atoms with E-state index in [1.165, 1.54) is 12.0 Å². The Balaban J connectivity index is 1.34. The molecule has 0 unspecified atom stereocenters.